The molecule has 0 saturated heterocycles. The summed E-state index contributed by atoms with van der Waals surface area (Å²) in [6.07, 6.45) is 0.861. The first kappa shape index (κ1) is 19.1. The zero-order valence-electron chi connectivity index (χ0n) is 16.6. The molecule has 4 rings (SSSR count). The minimum Gasteiger partial charge on any atom is -0.497 e. The Kier molecular flexibility index (Phi) is 5.57. The second-order valence-corrected chi connectivity index (χ2v) is 6.99. The van der Waals surface area contributed by atoms with Crippen molar-refractivity contribution in [2.45, 2.75) is 39.1 Å². The number of aromatic nitrogens is 3. The summed E-state index contributed by atoms with van der Waals surface area (Å²) in [7, 11) is 1.64. The van der Waals surface area contributed by atoms with Crippen LogP contribution in [-0.4, -0.2) is 28.0 Å². The first-order chi connectivity index (χ1) is 14.2. The lowest BCUT2D eigenvalue weighted by atomic mass is 10.1. The average Bonchev–Trinajstić information content (AvgIpc) is 3.21. The number of fused-ring (bicyclic) bond motifs is 1. The van der Waals surface area contributed by atoms with Crippen LogP contribution in [0.4, 0.5) is 0 Å². The number of methoxy groups -OCH3 is 1. The molecule has 0 unspecified atom stereocenters. The first-order valence-electron chi connectivity index (χ1n) is 9.72. The zero-order valence-corrected chi connectivity index (χ0v) is 16.6. The monoisotopic (exact) mass is 392 g/mol. The Bertz CT molecular complexity index is 980. The van der Waals surface area contributed by atoms with E-state index < -0.39 is 0 Å². The third-order valence-corrected chi connectivity index (χ3v) is 5.18. The maximum Gasteiger partial charge on any atom is 0.274 e. The fourth-order valence-electron chi connectivity index (χ4n) is 3.37. The van der Waals surface area contributed by atoms with Crippen molar-refractivity contribution in [1.29, 1.82) is 0 Å². The fourth-order valence-corrected chi connectivity index (χ4v) is 3.37. The van der Waals surface area contributed by atoms with Crippen molar-refractivity contribution in [2.24, 2.45) is 0 Å². The molecule has 1 aliphatic rings. The maximum absolute atomic E-state index is 12.6. The van der Waals surface area contributed by atoms with E-state index in [1.165, 1.54) is 5.56 Å². The van der Waals surface area contributed by atoms with Gasteiger partial charge >= 0.3 is 0 Å². The first-order valence-corrected chi connectivity index (χ1v) is 9.72. The molecule has 2 heterocycles. The van der Waals surface area contributed by atoms with Gasteiger partial charge in [0.15, 0.2) is 5.69 Å². The summed E-state index contributed by atoms with van der Waals surface area (Å²) in [5.41, 5.74) is 4.38. The Hall–Kier alpha value is -3.19. The van der Waals surface area contributed by atoms with Crippen LogP contribution in [0.2, 0.25) is 0 Å². The summed E-state index contributed by atoms with van der Waals surface area (Å²) in [6, 6.07) is 16.0. The molecule has 1 aliphatic heterocycles. The van der Waals surface area contributed by atoms with E-state index in [1.807, 2.05) is 36.4 Å². The number of hydrogen-bond donors (Lipinski definition) is 1. The Labute approximate surface area is 169 Å². The number of aryl methyl sites for hydroxylation is 1. The van der Waals surface area contributed by atoms with Gasteiger partial charge in [0.05, 0.1) is 26.0 Å². The number of benzene rings is 2. The molecule has 0 radical (unpaired) electrons. The van der Waals surface area contributed by atoms with E-state index >= 15 is 0 Å². The highest BCUT2D eigenvalue weighted by Gasteiger charge is 2.27. The molecule has 29 heavy (non-hydrogen) atoms. The topological polar surface area (TPSA) is 78.3 Å². The number of rotatable bonds is 6. The summed E-state index contributed by atoms with van der Waals surface area (Å²) in [5, 5.41) is 11.2. The Morgan fingerprint density at radius 1 is 1.17 bits per heavy atom. The van der Waals surface area contributed by atoms with Gasteiger partial charge in [0.1, 0.15) is 11.9 Å². The van der Waals surface area contributed by atoms with Gasteiger partial charge in [0.2, 0.25) is 0 Å². The molecule has 7 heteroatoms. The molecule has 2 aromatic carbocycles. The van der Waals surface area contributed by atoms with E-state index in [0.717, 1.165) is 23.3 Å². The largest absolute Gasteiger partial charge is 0.497 e. The highest BCUT2D eigenvalue weighted by Crippen LogP contribution is 2.28. The molecule has 0 spiro atoms. The predicted molar refractivity (Wildman–Crippen MR) is 108 cm³/mol. The molecule has 3 aromatic rings. The minimum atomic E-state index is -0.239. The molecular formula is C22H24N4O3. The molecule has 1 aromatic heterocycles. The highest BCUT2D eigenvalue weighted by molar-refractivity contribution is 5.93. The number of nitrogens with zero attached hydrogens (tertiary/aromatic N) is 3. The maximum atomic E-state index is 12.6. The molecular weight excluding hydrogens is 368 g/mol. The number of carbonyl (C=O) groups excluding carboxylic acids is 1. The third kappa shape index (κ3) is 4.14. The van der Waals surface area contributed by atoms with Gasteiger partial charge in [-0.25, -0.2) is 4.68 Å². The van der Waals surface area contributed by atoms with Gasteiger partial charge in [-0.2, -0.15) is 0 Å². The van der Waals surface area contributed by atoms with Crippen molar-refractivity contribution in [3.8, 4) is 5.75 Å². The second-order valence-electron chi connectivity index (χ2n) is 6.99. The van der Waals surface area contributed by atoms with Crippen LogP contribution in [0.1, 0.15) is 45.9 Å². The molecule has 0 saturated carbocycles. The van der Waals surface area contributed by atoms with Crippen LogP contribution < -0.4 is 10.1 Å². The number of nitrogens with one attached hydrogen (secondary N) is 1. The molecule has 1 atom stereocenters. The number of ether oxygens (including phenoxy) is 2. The predicted octanol–water partition coefficient (Wildman–Crippen LogP) is 3.05. The SMILES string of the molecule is CCc1ccc(CNC(=O)c2nnn3c2CO[C@@H](c2ccc(OC)cc2)C3)cc1. The van der Waals surface area contributed by atoms with Crippen LogP contribution in [0, 0.1) is 0 Å². The van der Waals surface area contributed by atoms with Crippen LogP contribution in [0.15, 0.2) is 48.5 Å². The number of hydrogen-bond acceptors (Lipinski definition) is 5. The van der Waals surface area contributed by atoms with Gasteiger partial charge in [0.25, 0.3) is 5.91 Å². The van der Waals surface area contributed by atoms with E-state index in [1.54, 1.807) is 11.8 Å². The average molecular weight is 392 g/mol. The van der Waals surface area contributed by atoms with Gasteiger partial charge in [-0.1, -0.05) is 48.5 Å². The quantitative estimate of drug-likeness (QED) is 0.698. The number of carbonyl (C=O) groups is 1. The van der Waals surface area contributed by atoms with Crippen LogP contribution in [0.25, 0.3) is 0 Å². The smallest absolute Gasteiger partial charge is 0.274 e. The lowest BCUT2D eigenvalue weighted by Gasteiger charge is -2.24. The van der Waals surface area contributed by atoms with Gasteiger partial charge in [-0.3, -0.25) is 4.79 Å². The summed E-state index contributed by atoms with van der Waals surface area (Å²) in [4.78, 5) is 12.6. The van der Waals surface area contributed by atoms with E-state index in [9.17, 15) is 4.79 Å². The van der Waals surface area contributed by atoms with Crippen LogP contribution in [0.3, 0.4) is 0 Å². The molecule has 1 N–H and O–H groups in total. The third-order valence-electron chi connectivity index (χ3n) is 5.18. The highest BCUT2D eigenvalue weighted by atomic mass is 16.5. The Morgan fingerprint density at radius 2 is 1.90 bits per heavy atom. The van der Waals surface area contributed by atoms with Crippen molar-refractivity contribution in [1.82, 2.24) is 20.3 Å². The van der Waals surface area contributed by atoms with E-state index in [4.69, 9.17) is 9.47 Å². The standard InChI is InChI=1S/C22H24N4O3/c1-3-15-4-6-16(7-5-15)12-23-22(27)21-19-14-29-20(13-26(19)25-24-21)17-8-10-18(28-2)11-9-17/h4-11,20H,3,12-14H2,1-2H3,(H,23,27)/t20-/m1/s1. The van der Waals surface area contributed by atoms with E-state index in [2.05, 4.69) is 34.7 Å². The van der Waals surface area contributed by atoms with E-state index in [-0.39, 0.29) is 18.6 Å². The minimum absolute atomic E-state index is 0.136. The van der Waals surface area contributed by atoms with Crippen LogP contribution in [-0.2, 0) is 30.9 Å². The Balaban J connectivity index is 1.40. The molecule has 0 bridgehead atoms. The van der Waals surface area contributed by atoms with Crippen LogP contribution >= 0.6 is 0 Å². The second kappa shape index (κ2) is 8.45. The van der Waals surface area contributed by atoms with Crippen molar-refractivity contribution in [3.63, 3.8) is 0 Å². The van der Waals surface area contributed by atoms with Gasteiger partial charge in [-0.15, -0.1) is 5.10 Å². The molecule has 150 valence electrons. The summed E-state index contributed by atoms with van der Waals surface area (Å²) in [5.74, 6) is 0.562. The zero-order chi connectivity index (χ0) is 20.2. The lowest BCUT2D eigenvalue weighted by Crippen LogP contribution is -2.27. The van der Waals surface area contributed by atoms with Gasteiger partial charge in [0, 0.05) is 6.54 Å². The Morgan fingerprint density at radius 3 is 2.59 bits per heavy atom. The van der Waals surface area contributed by atoms with Crippen molar-refractivity contribution < 1.29 is 14.3 Å². The van der Waals surface area contributed by atoms with Gasteiger partial charge < -0.3 is 14.8 Å². The van der Waals surface area contributed by atoms with Crippen molar-refractivity contribution in [2.75, 3.05) is 7.11 Å². The molecule has 7 nitrogen and oxygen atoms in total. The van der Waals surface area contributed by atoms with Crippen molar-refractivity contribution in [3.05, 3.63) is 76.6 Å². The summed E-state index contributed by atoms with van der Waals surface area (Å²) in [6.45, 7) is 3.37. The van der Waals surface area contributed by atoms with Crippen LogP contribution in [0.5, 0.6) is 5.75 Å². The van der Waals surface area contributed by atoms with E-state index in [0.29, 0.717) is 24.5 Å². The van der Waals surface area contributed by atoms with Gasteiger partial charge in [-0.05, 0) is 35.2 Å². The van der Waals surface area contributed by atoms with Crippen molar-refractivity contribution >= 4 is 5.91 Å². The normalized spacial score (nSPS) is 15.6. The molecule has 0 fully saturated rings. The summed E-state index contributed by atoms with van der Waals surface area (Å²) >= 11 is 0. The lowest BCUT2D eigenvalue weighted by molar-refractivity contribution is -0.00179. The molecule has 0 aliphatic carbocycles. The number of amides is 1. The summed E-state index contributed by atoms with van der Waals surface area (Å²) < 4.78 is 12.9. The molecule has 1 amide bonds. The fraction of sp³-hybridized carbons (Fsp3) is 0.318.